The highest BCUT2D eigenvalue weighted by Gasteiger charge is 2.29. The van der Waals surface area contributed by atoms with Crippen LogP contribution in [-0.2, 0) is 16.6 Å². The van der Waals surface area contributed by atoms with Crippen LogP contribution < -0.4 is 5.73 Å². The molecule has 0 aromatic carbocycles. The van der Waals surface area contributed by atoms with Gasteiger partial charge in [-0.25, -0.2) is 8.42 Å². The maximum Gasteiger partial charge on any atom is 0.247 e. The van der Waals surface area contributed by atoms with Crippen molar-refractivity contribution in [3.05, 3.63) is 23.5 Å². The van der Waals surface area contributed by atoms with Crippen molar-refractivity contribution in [1.82, 2.24) is 14.5 Å². The number of aryl methyl sites for hydroxylation is 1. The minimum Gasteiger partial charge on any atom is -0.325 e. The van der Waals surface area contributed by atoms with E-state index < -0.39 is 10.0 Å². The monoisotopic (exact) mass is 272 g/mol. The molecule has 0 unspecified atom stereocenters. The zero-order valence-corrected chi connectivity index (χ0v) is 11.8. The van der Waals surface area contributed by atoms with Crippen LogP contribution in [-0.4, -0.2) is 36.0 Å². The second-order valence-corrected chi connectivity index (χ2v) is 6.09. The number of nitrogens with one attached hydrogen (secondary N) is 1. The summed E-state index contributed by atoms with van der Waals surface area (Å²) in [6, 6.07) is 0. The fourth-order valence-corrected chi connectivity index (χ4v) is 3.59. The fraction of sp³-hybridized carbons (Fsp3) is 0.545. The maximum atomic E-state index is 12.5. The van der Waals surface area contributed by atoms with E-state index in [4.69, 9.17) is 5.73 Å². The van der Waals surface area contributed by atoms with Crippen LogP contribution in [0, 0.1) is 6.92 Å². The van der Waals surface area contributed by atoms with Gasteiger partial charge in [0.15, 0.2) is 0 Å². The van der Waals surface area contributed by atoms with Gasteiger partial charge in [-0.15, -0.1) is 0 Å². The van der Waals surface area contributed by atoms with Crippen molar-refractivity contribution in [2.75, 3.05) is 13.1 Å². The Hall–Kier alpha value is -1.18. The van der Waals surface area contributed by atoms with Crippen LogP contribution in [0.5, 0.6) is 0 Å². The van der Waals surface area contributed by atoms with Crippen molar-refractivity contribution < 1.29 is 8.42 Å². The highest BCUT2D eigenvalue weighted by Crippen LogP contribution is 2.22. The van der Waals surface area contributed by atoms with Crippen LogP contribution in [0.25, 0.3) is 0 Å². The van der Waals surface area contributed by atoms with Gasteiger partial charge < -0.3 is 5.73 Å². The van der Waals surface area contributed by atoms with Crippen molar-refractivity contribution in [2.24, 2.45) is 5.73 Å². The van der Waals surface area contributed by atoms with Crippen LogP contribution in [0.4, 0.5) is 0 Å². The Labute approximate surface area is 108 Å². The second kappa shape index (κ2) is 5.64. The van der Waals surface area contributed by atoms with E-state index in [-0.39, 0.29) is 11.4 Å². The third kappa shape index (κ3) is 2.80. The molecule has 0 aliphatic rings. The number of H-pyrrole nitrogens is 1. The first-order valence-electron chi connectivity index (χ1n) is 5.73. The summed E-state index contributed by atoms with van der Waals surface area (Å²) in [5.41, 5.74) is 7.19. The summed E-state index contributed by atoms with van der Waals surface area (Å²) >= 11 is 0. The number of hydrogen-bond donors (Lipinski definition) is 2. The third-order valence-corrected chi connectivity index (χ3v) is 4.68. The Morgan fingerprint density at radius 3 is 2.61 bits per heavy atom. The van der Waals surface area contributed by atoms with Crippen molar-refractivity contribution in [1.29, 1.82) is 0 Å². The second-order valence-electron chi connectivity index (χ2n) is 4.22. The molecule has 3 N–H and O–H groups in total. The molecule has 1 aromatic heterocycles. The van der Waals surface area contributed by atoms with E-state index in [2.05, 4.69) is 16.8 Å². The molecule has 6 nitrogen and oxygen atoms in total. The topological polar surface area (TPSA) is 92.1 Å². The molecule has 0 saturated carbocycles. The molecule has 1 rings (SSSR count). The van der Waals surface area contributed by atoms with E-state index in [0.717, 1.165) is 5.57 Å². The predicted molar refractivity (Wildman–Crippen MR) is 70.5 cm³/mol. The van der Waals surface area contributed by atoms with Gasteiger partial charge in [-0.2, -0.15) is 9.40 Å². The minimum atomic E-state index is -3.58. The van der Waals surface area contributed by atoms with Gasteiger partial charge in [-0.3, -0.25) is 5.10 Å². The summed E-state index contributed by atoms with van der Waals surface area (Å²) < 4.78 is 26.4. The summed E-state index contributed by atoms with van der Waals surface area (Å²) in [6.07, 6.45) is 0. The van der Waals surface area contributed by atoms with Crippen molar-refractivity contribution in [3.63, 3.8) is 0 Å². The van der Waals surface area contributed by atoms with Gasteiger partial charge in [0.05, 0.1) is 11.4 Å². The Morgan fingerprint density at radius 1 is 1.56 bits per heavy atom. The number of nitrogens with two attached hydrogens (primary N) is 1. The van der Waals surface area contributed by atoms with Gasteiger partial charge >= 0.3 is 0 Å². The molecule has 0 saturated heterocycles. The zero-order valence-electron chi connectivity index (χ0n) is 11.0. The zero-order chi connectivity index (χ0) is 13.9. The molecule has 1 heterocycles. The van der Waals surface area contributed by atoms with Gasteiger partial charge in [0.2, 0.25) is 10.0 Å². The van der Waals surface area contributed by atoms with E-state index >= 15 is 0 Å². The molecular formula is C11H20N4O2S. The van der Waals surface area contributed by atoms with Crippen LogP contribution >= 0.6 is 0 Å². The summed E-state index contributed by atoms with van der Waals surface area (Å²) in [6.45, 7) is 9.77. The lowest BCUT2D eigenvalue weighted by Gasteiger charge is -2.20. The van der Waals surface area contributed by atoms with Gasteiger partial charge in [-0.05, 0) is 13.8 Å². The highest BCUT2D eigenvalue weighted by molar-refractivity contribution is 7.89. The predicted octanol–water partition coefficient (Wildman–Crippen LogP) is 0.764. The molecule has 0 atom stereocenters. The van der Waals surface area contributed by atoms with Crippen molar-refractivity contribution >= 4 is 10.0 Å². The van der Waals surface area contributed by atoms with Gasteiger partial charge in [0.1, 0.15) is 4.90 Å². The SMILES string of the molecule is C=C(C)CN(CC)S(=O)(=O)c1c(CN)n[nH]c1C. The van der Waals surface area contributed by atoms with Crippen LogP contribution in [0.3, 0.4) is 0 Å². The van der Waals surface area contributed by atoms with Gasteiger partial charge in [0.25, 0.3) is 0 Å². The standard InChI is InChI=1S/C11H20N4O2S/c1-5-15(7-8(2)3)18(16,17)11-9(4)13-14-10(11)6-12/h2,5-7,12H2,1,3-4H3,(H,13,14). The molecule has 0 aliphatic heterocycles. The number of nitrogens with zero attached hydrogens (tertiary/aromatic N) is 2. The average molecular weight is 272 g/mol. The molecule has 18 heavy (non-hydrogen) atoms. The molecule has 7 heteroatoms. The van der Waals surface area contributed by atoms with Crippen LogP contribution in [0.1, 0.15) is 25.2 Å². The average Bonchev–Trinajstić information content (AvgIpc) is 2.67. The van der Waals surface area contributed by atoms with E-state index in [1.807, 2.05) is 0 Å². The smallest absolute Gasteiger partial charge is 0.247 e. The number of aromatic amines is 1. The fourth-order valence-electron chi connectivity index (χ4n) is 1.75. The Balaban J connectivity index is 3.26. The normalized spacial score (nSPS) is 12.1. The number of sulfonamides is 1. The molecule has 0 radical (unpaired) electrons. The summed E-state index contributed by atoms with van der Waals surface area (Å²) in [5.74, 6) is 0. The minimum absolute atomic E-state index is 0.0868. The molecule has 0 bridgehead atoms. The molecule has 0 spiro atoms. The van der Waals surface area contributed by atoms with E-state index in [0.29, 0.717) is 24.5 Å². The summed E-state index contributed by atoms with van der Waals surface area (Å²) in [4.78, 5) is 0.188. The summed E-state index contributed by atoms with van der Waals surface area (Å²) in [5, 5.41) is 6.59. The maximum absolute atomic E-state index is 12.5. The molecule has 0 fully saturated rings. The van der Waals surface area contributed by atoms with Crippen LogP contribution in [0.15, 0.2) is 17.0 Å². The number of hydrogen-bond acceptors (Lipinski definition) is 4. The first kappa shape index (κ1) is 14.9. The van der Waals surface area contributed by atoms with Crippen molar-refractivity contribution in [2.45, 2.75) is 32.2 Å². The van der Waals surface area contributed by atoms with Gasteiger partial charge in [0, 0.05) is 19.6 Å². The molecule has 0 amide bonds. The lowest BCUT2D eigenvalue weighted by molar-refractivity contribution is 0.451. The Bertz CT molecular complexity index is 533. The number of likely N-dealkylation sites (N-methyl/N-ethyl adjacent to an activating group) is 1. The highest BCUT2D eigenvalue weighted by atomic mass is 32.2. The first-order valence-corrected chi connectivity index (χ1v) is 7.17. The molecule has 0 aliphatic carbocycles. The summed E-state index contributed by atoms with van der Waals surface area (Å²) in [7, 11) is -3.58. The third-order valence-electron chi connectivity index (χ3n) is 2.55. The Kier molecular flexibility index (Phi) is 4.66. The Morgan fingerprint density at radius 2 is 2.17 bits per heavy atom. The molecule has 1 aromatic rings. The van der Waals surface area contributed by atoms with Gasteiger partial charge in [-0.1, -0.05) is 19.1 Å². The quantitative estimate of drug-likeness (QED) is 0.748. The lowest BCUT2D eigenvalue weighted by Crippen LogP contribution is -2.33. The molecular weight excluding hydrogens is 252 g/mol. The molecule has 102 valence electrons. The van der Waals surface area contributed by atoms with E-state index in [1.165, 1.54) is 4.31 Å². The first-order chi connectivity index (χ1) is 8.34. The number of aromatic nitrogens is 2. The van der Waals surface area contributed by atoms with Crippen LogP contribution in [0.2, 0.25) is 0 Å². The van der Waals surface area contributed by atoms with E-state index in [9.17, 15) is 8.42 Å². The lowest BCUT2D eigenvalue weighted by atomic mass is 10.3. The van der Waals surface area contributed by atoms with E-state index in [1.54, 1.807) is 20.8 Å². The van der Waals surface area contributed by atoms with Crippen molar-refractivity contribution in [3.8, 4) is 0 Å². The largest absolute Gasteiger partial charge is 0.325 e. The number of rotatable bonds is 6.